The summed E-state index contributed by atoms with van der Waals surface area (Å²) in [5.74, 6) is -4.52. The first-order chi connectivity index (χ1) is 12.2. The van der Waals surface area contributed by atoms with E-state index < -0.39 is 35.2 Å². The van der Waals surface area contributed by atoms with Gasteiger partial charge in [0.05, 0.1) is 16.3 Å². The van der Waals surface area contributed by atoms with Gasteiger partial charge in [-0.2, -0.15) is 0 Å². The molecule has 2 aromatic rings. The van der Waals surface area contributed by atoms with Crippen molar-refractivity contribution in [2.45, 2.75) is 20.0 Å². The summed E-state index contributed by atoms with van der Waals surface area (Å²) in [4.78, 5) is 35.8. The second kappa shape index (κ2) is 8.05. The Morgan fingerprint density at radius 2 is 1.69 bits per heavy atom. The van der Waals surface area contributed by atoms with Crippen molar-refractivity contribution >= 4 is 34.9 Å². The van der Waals surface area contributed by atoms with Crippen LogP contribution in [0.1, 0.15) is 34.6 Å². The number of Topliss-reactive ketones (excluding diaryl/α,β-unsaturated/α-hetero) is 1. The number of rotatable bonds is 5. The number of anilines is 1. The summed E-state index contributed by atoms with van der Waals surface area (Å²) in [5, 5.41) is 2.14. The van der Waals surface area contributed by atoms with Crippen molar-refractivity contribution in [2.24, 2.45) is 0 Å². The van der Waals surface area contributed by atoms with E-state index in [4.69, 9.17) is 16.3 Å². The van der Waals surface area contributed by atoms with Crippen LogP contribution in [0.15, 0.2) is 36.4 Å². The van der Waals surface area contributed by atoms with E-state index in [1.807, 2.05) is 0 Å². The van der Waals surface area contributed by atoms with Gasteiger partial charge in [-0.25, -0.2) is 13.6 Å². The molecule has 8 heteroatoms. The molecule has 0 aliphatic rings. The van der Waals surface area contributed by atoms with E-state index in [-0.39, 0.29) is 16.5 Å². The summed E-state index contributed by atoms with van der Waals surface area (Å²) in [7, 11) is 0. The van der Waals surface area contributed by atoms with Crippen LogP contribution in [-0.4, -0.2) is 23.8 Å². The molecule has 2 rings (SSSR count). The largest absolute Gasteiger partial charge is 0.449 e. The van der Waals surface area contributed by atoms with Crippen LogP contribution in [0.3, 0.4) is 0 Å². The van der Waals surface area contributed by atoms with Gasteiger partial charge in [-0.1, -0.05) is 23.7 Å². The van der Waals surface area contributed by atoms with Crippen LogP contribution in [0, 0.1) is 11.6 Å². The standard InChI is InChI=1S/C18H14ClF2NO4/c1-9(23)11-5-3-4-6-16(11)22-17(24)10(2)26-18(25)12-7-14(20)15(21)8-13(12)19/h3-8,10H,1-2H3,(H,22,24). The Kier molecular flexibility index (Phi) is 6.05. The van der Waals surface area contributed by atoms with E-state index in [0.717, 1.165) is 0 Å². The first-order valence-electron chi connectivity index (χ1n) is 7.47. The molecule has 0 saturated carbocycles. The van der Waals surface area contributed by atoms with Gasteiger partial charge < -0.3 is 10.1 Å². The Morgan fingerprint density at radius 3 is 2.35 bits per heavy atom. The minimum Gasteiger partial charge on any atom is -0.449 e. The first-order valence-corrected chi connectivity index (χ1v) is 7.85. The minimum absolute atomic E-state index is 0.251. The van der Waals surface area contributed by atoms with E-state index in [0.29, 0.717) is 17.7 Å². The van der Waals surface area contributed by atoms with Gasteiger partial charge in [-0.15, -0.1) is 0 Å². The predicted molar refractivity (Wildman–Crippen MR) is 91.3 cm³/mol. The van der Waals surface area contributed by atoms with Crippen molar-refractivity contribution in [3.63, 3.8) is 0 Å². The maximum atomic E-state index is 13.3. The fourth-order valence-corrected chi connectivity index (χ4v) is 2.32. The lowest BCUT2D eigenvalue weighted by Crippen LogP contribution is -2.30. The quantitative estimate of drug-likeness (QED) is 0.482. The topological polar surface area (TPSA) is 72.5 Å². The van der Waals surface area contributed by atoms with Crippen LogP contribution < -0.4 is 5.32 Å². The number of halogens is 3. The highest BCUT2D eigenvalue weighted by Crippen LogP contribution is 2.22. The van der Waals surface area contributed by atoms with Crippen LogP contribution in [0.25, 0.3) is 0 Å². The lowest BCUT2D eigenvalue weighted by molar-refractivity contribution is -0.123. The zero-order valence-corrected chi connectivity index (χ0v) is 14.6. The highest BCUT2D eigenvalue weighted by Gasteiger charge is 2.23. The average Bonchev–Trinajstić information content (AvgIpc) is 2.58. The highest BCUT2D eigenvalue weighted by atomic mass is 35.5. The summed E-state index contributed by atoms with van der Waals surface area (Å²) >= 11 is 5.70. The van der Waals surface area contributed by atoms with Gasteiger partial charge in [0.25, 0.3) is 5.91 Å². The van der Waals surface area contributed by atoms with Gasteiger partial charge in [-0.3, -0.25) is 9.59 Å². The van der Waals surface area contributed by atoms with E-state index in [9.17, 15) is 23.2 Å². The predicted octanol–water partition coefficient (Wildman–Crippen LogP) is 4.00. The zero-order valence-electron chi connectivity index (χ0n) is 13.8. The number of esters is 1. The number of ketones is 1. The molecule has 0 heterocycles. The fourth-order valence-electron chi connectivity index (χ4n) is 2.09. The van der Waals surface area contributed by atoms with Crippen molar-refractivity contribution in [3.05, 3.63) is 64.2 Å². The molecule has 0 bridgehead atoms. The number of benzene rings is 2. The molecule has 0 aliphatic heterocycles. The Hall–Kier alpha value is -2.80. The molecule has 0 radical (unpaired) electrons. The summed E-state index contributed by atoms with van der Waals surface area (Å²) < 4.78 is 31.3. The lowest BCUT2D eigenvalue weighted by atomic mass is 10.1. The Bertz CT molecular complexity index is 885. The molecule has 1 amide bonds. The van der Waals surface area contributed by atoms with Crippen LogP contribution in [0.5, 0.6) is 0 Å². The van der Waals surface area contributed by atoms with E-state index in [1.54, 1.807) is 12.1 Å². The maximum absolute atomic E-state index is 13.3. The smallest absolute Gasteiger partial charge is 0.340 e. The number of amides is 1. The molecular weight excluding hydrogens is 368 g/mol. The molecule has 0 aliphatic carbocycles. The van der Waals surface area contributed by atoms with E-state index >= 15 is 0 Å². The summed E-state index contributed by atoms with van der Waals surface area (Å²) in [6, 6.07) is 7.56. The highest BCUT2D eigenvalue weighted by molar-refractivity contribution is 6.33. The van der Waals surface area contributed by atoms with Crippen molar-refractivity contribution in [2.75, 3.05) is 5.32 Å². The molecular formula is C18H14ClF2NO4. The molecule has 1 N–H and O–H groups in total. The molecule has 1 atom stereocenters. The number of hydrogen-bond donors (Lipinski definition) is 1. The number of nitrogens with one attached hydrogen (secondary N) is 1. The lowest BCUT2D eigenvalue weighted by Gasteiger charge is -2.15. The van der Waals surface area contributed by atoms with E-state index in [1.165, 1.54) is 26.0 Å². The summed E-state index contributed by atoms with van der Waals surface area (Å²) in [6.45, 7) is 2.64. The third-order valence-corrected chi connectivity index (χ3v) is 3.76. The zero-order chi connectivity index (χ0) is 19.4. The maximum Gasteiger partial charge on any atom is 0.340 e. The molecule has 2 aromatic carbocycles. The Balaban J connectivity index is 2.11. The van der Waals surface area contributed by atoms with Crippen molar-refractivity contribution < 1.29 is 27.9 Å². The van der Waals surface area contributed by atoms with Gasteiger partial charge in [0, 0.05) is 5.56 Å². The van der Waals surface area contributed by atoms with Gasteiger partial charge in [0.15, 0.2) is 23.5 Å². The van der Waals surface area contributed by atoms with Crippen LogP contribution in [0.4, 0.5) is 14.5 Å². The van der Waals surface area contributed by atoms with Crippen LogP contribution in [0.2, 0.25) is 5.02 Å². The van der Waals surface area contributed by atoms with E-state index in [2.05, 4.69) is 5.32 Å². The third-order valence-electron chi connectivity index (χ3n) is 3.45. The first kappa shape index (κ1) is 19.5. The van der Waals surface area contributed by atoms with Gasteiger partial charge in [0.2, 0.25) is 0 Å². The second-order valence-electron chi connectivity index (χ2n) is 5.38. The average molecular weight is 382 g/mol. The normalized spacial score (nSPS) is 11.6. The molecule has 5 nitrogen and oxygen atoms in total. The number of carbonyl (C=O) groups is 3. The van der Waals surface area contributed by atoms with Gasteiger partial charge in [0.1, 0.15) is 0 Å². The Labute approximate surface area is 152 Å². The van der Waals surface area contributed by atoms with Crippen molar-refractivity contribution in [3.8, 4) is 0 Å². The Morgan fingerprint density at radius 1 is 1.08 bits per heavy atom. The van der Waals surface area contributed by atoms with Gasteiger partial charge in [-0.05, 0) is 38.1 Å². The number of carbonyl (C=O) groups excluding carboxylic acids is 3. The van der Waals surface area contributed by atoms with Crippen molar-refractivity contribution in [1.29, 1.82) is 0 Å². The number of hydrogen-bond acceptors (Lipinski definition) is 4. The SMILES string of the molecule is CC(=O)c1ccccc1NC(=O)C(C)OC(=O)c1cc(F)c(F)cc1Cl. The molecule has 0 aromatic heterocycles. The number of para-hydroxylation sites is 1. The molecule has 1 unspecified atom stereocenters. The number of ether oxygens (including phenoxy) is 1. The van der Waals surface area contributed by atoms with Gasteiger partial charge >= 0.3 is 5.97 Å². The minimum atomic E-state index is -1.27. The third kappa shape index (κ3) is 4.43. The summed E-state index contributed by atoms with van der Waals surface area (Å²) in [6.07, 6.45) is -1.27. The molecule has 0 spiro atoms. The summed E-state index contributed by atoms with van der Waals surface area (Å²) in [5.41, 5.74) is 0.149. The van der Waals surface area contributed by atoms with Crippen LogP contribution in [-0.2, 0) is 9.53 Å². The molecule has 0 fully saturated rings. The van der Waals surface area contributed by atoms with Crippen LogP contribution >= 0.6 is 11.6 Å². The molecule has 0 saturated heterocycles. The van der Waals surface area contributed by atoms with Crippen molar-refractivity contribution in [1.82, 2.24) is 0 Å². The second-order valence-corrected chi connectivity index (χ2v) is 5.79. The molecule has 136 valence electrons. The molecule has 26 heavy (non-hydrogen) atoms. The fraction of sp³-hybridized carbons (Fsp3) is 0.167. The monoisotopic (exact) mass is 381 g/mol.